The zero-order chi connectivity index (χ0) is 13.8. The van der Waals surface area contributed by atoms with Gasteiger partial charge in [0.05, 0.1) is 11.3 Å². The number of aliphatic imine (C=N–C) groups is 1. The summed E-state index contributed by atoms with van der Waals surface area (Å²) in [6.45, 7) is 1.77. The molecule has 2 aromatic carbocycles. The number of carboxylic acid groups (broad SMARTS) is 1. The van der Waals surface area contributed by atoms with E-state index in [4.69, 9.17) is 5.11 Å². The number of carboxylic acids is 1. The lowest BCUT2D eigenvalue weighted by Gasteiger charge is -2.04. The molecular weight excluding hydrogens is 353 g/mol. The lowest BCUT2D eigenvalue weighted by Crippen LogP contribution is -1.99. The van der Waals surface area contributed by atoms with Crippen molar-refractivity contribution in [2.45, 2.75) is 6.92 Å². The van der Waals surface area contributed by atoms with Crippen LogP contribution < -0.4 is 0 Å². The minimum atomic E-state index is -0.927. The first-order chi connectivity index (χ1) is 9.09. The lowest BCUT2D eigenvalue weighted by molar-refractivity contribution is 0.0696. The Morgan fingerprint density at radius 2 is 1.95 bits per heavy atom. The lowest BCUT2D eigenvalue weighted by atomic mass is 10.1. The van der Waals surface area contributed by atoms with Crippen molar-refractivity contribution < 1.29 is 9.90 Å². The molecule has 0 aliphatic heterocycles. The largest absolute Gasteiger partial charge is 0.478 e. The highest BCUT2D eigenvalue weighted by Gasteiger charge is 2.08. The average molecular weight is 365 g/mol. The first kappa shape index (κ1) is 13.7. The molecule has 0 aliphatic rings. The van der Waals surface area contributed by atoms with Crippen molar-refractivity contribution in [2.24, 2.45) is 4.99 Å². The molecule has 0 fully saturated rings. The minimum Gasteiger partial charge on any atom is -0.478 e. The van der Waals surface area contributed by atoms with Crippen LogP contribution in [-0.4, -0.2) is 17.3 Å². The second-order valence-electron chi connectivity index (χ2n) is 4.03. The molecule has 0 radical (unpaired) electrons. The predicted molar refractivity (Wildman–Crippen MR) is 84.6 cm³/mol. The summed E-state index contributed by atoms with van der Waals surface area (Å²) < 4.78 is 1.11. The molecule has 1 N–H and O–H groups in total. The van der Waals surface area contributed by atoms with Crippen molar-refractivity contribution in [3.05, 3.63) is 62.7 Å². The van der Waals surface area contributed by atoms with E-state index in [1.54, 1.807) is 25.3 Å². The van der Waals surface area contributed by atoms with Gasteiger partial charge in [-0.2, -0.15) is 0 Å². The number of aromatic carboxylic acids is 1. The summed E-state index contributed by atoms with van der Waals surface area (Å²) in [5.74, 6) is -0.927. The van der Waals surface area contributed by atoms with E-state index in [0.29, 0.717) is 11.3 Å². The molecule has 0 unspecified atom stereocenters. The molecule has 2 aromatic rings. The van der Waals surface area contributed by atoms with Crippen molar-refractivity contribution in [1.82, 2.24) is 0 Å². The Morgan fingerprint density at radius 3 is 2.63 bits per heavy atom. The quantitative estimate of drug-likeness (QED) is 0.659. The Balaban J connectivity index is 2.37. The summed E-state index contributed by atoms with van der Waals surface area (Å²) in [4.78, 5) is 15.4. The first-order valence-corrected chi connectivity index (χ1v) is 6.79. The number of benzene rings is 2. The van der Waals surface area contributed by atoms with Gasteiger partial charge in [0.15, 0.2) is 0 Å². The van der Waals surface area contributed by atoms with E-state index in [2.05, 4.69) is 27.6 Å². The van der Waals surface area contributed by atoms with Crippen LogP contribution in [0.15, 0.2) is 47.5 Å². The third kappa shape index (κ3) is 3.20. The fraction of sp³-hybridized carbons (Fsp3) is 0.0667. The minimum absolute atomic E-state index is 0.289. The molecule has 0 amide bonds. The van der Waals surface area contributed by atoms with Crippen LogP contribution in [0, 0.1) is 10.5 Å². The Hall–Kier alpha value is -1.69. The molecule has 2 rings (SSSR count). The molecule has 0 aliphatic carbocycles. The van der Waals surface area contributed by atoms with E-state index in [0.717, 1.165) is 9.13 Å². The molecule has 0 saturated carbocycles. The molecule has 0 aromatic heterocycles. The van der Waals surface area contributed by atoms with Crippen molar-refractivity contribution in [3.63, 3.8) is 0 Å². The van der Waals surface area contributed by atoms with E-state index in [-0.39, 0.29) is 5.56 Å². The highest BCUT2D eigenvalue weighted by molar-refractivity contribution is 14.1. The Kier molecular flexibility index (Phi) is 4.31. The number of nitrogens with zero attached hydrogens (tertiary/aromatic N) is 1. The molecular formula is C15H12INO2. The fourth-order valence-electron chi connectivity index (χ4n) is 1.71. The van der Waals surface area contributed by atoms with Gasteiger partial charge in [-0.1, -0.05) is 24.3 Å². The van der Waals surface area contributed by atoms with Gasteiger partial charge in [0.2, 0.25) is 0 Å². The topological polar surface area (TPSA) is 49.7 Å². The van der Waals surface area contributed by atoms with Gasteiger partial charge in [-0.25, -0.2) is 4.79 Å². The van der Waals surface area contributed by atoms with Gasteiger partial charge in [0, 0.05) is 15.3 Å². The smallest absolute Gasteiger partial charge is 0.336 e. The molecule has 0 heterocycles. The van der Waals surface area contributed by atoms with Gasteiger partial charge in [0.1, 0.15) is 0 Å². The van der Waals surface area contributed by atoms with E-state index in [1.165, 1.54) is 0 Å². The first-order valence-electron chi connectivity index (χ1n) is 5.71. The Labute approximate surface area is 125 Å². The molecule has 4 heteroatoms. The number of carbonyl (C=O) groups is 1. The molecule has 0 bridgehead atoms. The van der Waals surface area contributed by atoms with Crippen LogP contribution in [0.5, 0.6) is 0 Å². The van der Waals surface area contributed by atoms with Crippen molar-refractivity contribution in [1.29, 1.82) is 0 Å². The summed E-state index contributed by atoms with van der Waals surface area (Å²) in [6.07, 6.45) is 1.76. The second-order valence-corrected chi connectivity index (χ2v) is 5.20. The van der Waals surface area contributed by atoms with Gasteiger partial charge in [-0.05, 0) is 53.3 Å². The van der Waals surface area contributed by atoms with Gasteiger partial charge in [-0.15, -0.1) is 0 Å². The normalized spacial score (nSPS) is 10.8. The zero-order valence-corrected chi connectivity index (χ0v) is 12.5. The number of hydrogen-bond acceptors (Lipinski definition) is 2. The van der Waals surface area contributed by atoms with Crippen molar-refractivity contribution in [3.8, 4) is 0 Å². The summed E-state index contributed by atoms with van der Waals surface area (Å²) in [6, 6.07) is 13.0. The van der Waals surface area contributed by atoms with E-state index >= 15 is 0 Å². The fourth-order valence-corrected chi connectivity index (χ4v) is 2.24. The number of hydrogen-bond donors (Lipinski definition) is 1. The molecule has 96 valence electrons. The van der Waals surface area contributed by atoms with Crippen LogP contribution in [-0.2, 0) is 0 Å². The SMILES string of the molecule is Cc1c(N=Cc2ccccc2I)cccc1C(=O)O. The Bertz CT molecular complexity index is 650. The number of halogens is 1. The van der Waals surface area contributed by atoms with Gasteiger partial charge < -0.3 is 5.11 Å². The second kappa shape index (κ2) is 5.97. The molecule has 19 heavy (non-hydrogen) atoms. The highest BCUT2D eigenvalue weighted by atomic mass is 127. The molecule has 0 spiro atoms. The van der Waals surface area contributed by atoms with Gasteiger partial charge in [0.25, 0.3) is 0 Å². The van der Waals surface area contributed by atoms with E-state index < -0.39 is 5.97 Å². The maximum Gasteiger partial charge on any atom is 0.336 e. The van der Waals surface area contributed by atoms with Gasteiger partial charge >= 0.3 is 5.97 Å². The molecule has 0 atom stereocenters. The molecule has 3 nitrogen and oxygen atoms in total. The third-order valence-electron chi connectivity index (χ3n) is 2.78. The molecule has 0 saturated heterocycles. The maximum absolute atomic E-state index is 11.0. The maximum atomic E-state index is 11.0. The standard InChI is InChI=1S/C15H12INO2/c1-10-12(15(18)19)6-4-8-14(10)17-9-11-5-2-3-7-13(11)16/h2-9H,1H3,(H,18,19). The Morgan fingerprint density at radius 1 is 1.21 bits per heavy atom. The van der Waals surface area contributed by atoms with Crippen molar-refractivity contribution >= 4 is 40.5 Å². The van der Waals surface area contributed by atoms with Crippen LogP contribution >= 0.6 is 22.6 Å². The van der Waals surface area contributed by atoms with Crippen LogP contribution in [0.3, 0.4) is 0 Å². The van der Waals surface area contributed by atoms with Crippen LogP contribution in [0.1, 0.15) is 21.5 Å². The summed E-state index contributed by atoms with van der Waals surface area (Å²) in [5.41, 5.74) is 2.66. The zero-order valence-electron chi connectivity index (χ0n) is 10.3. The van der Waals surface area contributed by atoms with Crippen LogP contribution in [0.25, 0.3) is 0 Å². The van der Waals surface area contributed by atoms with Crippen LogP contribution in [0.2, 0.25) is 0 Å². The van der Waals surface area contributed by atoms with Crippen molar-refractivity contribution in [2.75, 3.05) is 0 Å². The summed E-state index contributed by atoms with van der Waals surface area (Å²) >= 11 is 2.24. The predicted octanol–water partition coefficient (Wildman–Crippen LogP) is 4.05. The highest BCUT2D eigenvalue weighted by Crippen LogP contribution is 2.22. The van der Waals surface area contributed by atoms with Gasteiger partial charge in [-0.3, -0.25) is 4.99 Å². The summed E-state index contributed by atoms with van der Waals surface area (Å²) in [7, 11) is 0. The monoisotopic (exact) mass is 365 g/mol. The summed E-state index contributed by atoms with van der Waals surface area (Å²) in [5, 5.41) is 9.07. The van der Waals surface area contributed by atoms with Crippen LogP contribution in [0.4, 0.5) is 5.69 Å². The van der Waals surface area contributed by atoms with E-state index in [1.807, 2.05) is 30.3 Å². The van der Waals surface area contributed by atoms with E-state index in [9.17, 15) is 4.79 Å². The average Bonchev–Trinajstić information content (AvgIpc) is 2.39. The third-order valence-corrected chi connectivity index (χ3v) is 3.77. The number of rotatable bonds is 3.